The number of benzene rings is 2. The zero-order chi connectivity index (χ0) is 17.3. The second-order valence-electron chi connectivity index (χ2n) is 6.37. The normalized spacial score (nSPS) is 20.6. The Morgan fingerprint density at radius 2 is 2.04 bits per heavy atom. The molecule has 1 atom stereocenters. The van der Waals surface area contributed by atoms with Gasteiger partial charge in [-0.05, 0) is 38.2 Å². The molecule has 5 heteroatoms. The Labute approximate surface area is 152 Å². The Balaban J connectivity index is 1.64. The van der Waals surface area contributed by atoms with Crippen LogP contribution in [0.1, 0.15) is 24.0 Å². The van der Waals surface area contributed by atoms with Gasteiger partial charge >= 0.3 is 0 Å². The van der Waals surface area contributed by atoms with E-state index in [2.05, 4.69) is 22.9 Å². The lowest BCUT2D eigenvalue weighted by Gasteiger charge is -2.26. The predicted molar refractivity (Wildman–Crippen MR) is 99.4 cm³/mol. The highest BCUT2D eigenvalue weighted by Gasteiger charge is 2.58. The molecule has 1 aliphatic heterocycles. The number of hydrogen-bond acceptors (Lipinski definition) is 4. The van der Waals surface area contributed by atoms with Crippen LogP contribution in [0.2, 0.25) is 5.02 Å². The van der Waals surface area contributed by atoms with Gasteiger partial charge in [0.15, 0.2) is 5.60 Å². The number of halogens is 1. The number of rotatable bonds is 7. The molecule has 2 aromatic carbocycles. The molecule has 0 bridgehead atoms. The molecule has 2 N–H and O–H groups in total. The Bertz CT molecular complexity index is 807. The van der Waals surface area contributed by atoms with Crippen LogP contribution in [0.4, 0.5) is 0 Å². The van der Waals surface area contributed by atoms with Crippen molar-refractivity contribution < 1.29 is 9.57 Å². The van der Waals surface area contributed by atoms with Gasteiger partial charge in [-0.1, -0.05) is 41.9 Å². The van der Waals surface area contributed by atoms with Crippen molar-refractivity contribution in [1.29, 1.82) is 0 Å². The van der Waals surface area contributed by atoms with E-state index in [1.807, 2.05) is 43.4 Å². The number of nitrogens with one attached hydrogen (secondary N) is 2. The smallest absolute Gasteiger partial charge is 0.162 e. The van der Waals surface area contributed by atoms with Crippen LogP contribution in [-0.4, -0.2) is 20.2 Å². The van der Waals surface area contributed by atoms with E-state index in [9.17, 15) is 0 Å². The summed E-state index contributed by atoms with van der Waals surface area (Å²) in [6.45, 7) is 1.56. The Kier molecular flexibility index (Phi) is 4.42. The van der Waals surface area contributed by atoms with Crippen LogP contribution >= 0.6 is 11.6 Å². The molecule has 0 spiro atoms. The lowest BCUT2D eigenvalue weighted by Crippen LogP contribution is -2.25. The molecule has 2 aromatic rings. The van der Waals surface area contributed by atoms with Crippen LogP contribution < -0.4 is 15.5 Å². The molecule has 1 unspecified atom stereocenters. The summed E-state index contributed by atoms with van der Waals surface area (Å²) in [7, 11) is 1.94. The fourth-order valence-electron chi connectivity index (χ4n) is 3.33. The van der Waals surface area contributed by atoms with E-state index in [0.29, 0.717) is 11.6 Å². The van der Waals surface area contributed by atoms with Crippen LogP contribution in [-0.2, 0) is 10.4 Å². The van der Waals surface area contributed by atoms with Crippen molar-refractivity contribution in [2.24, 2.45) is 0 Å². The quantitative estimate of drug-likeness (QED) is 0.583. The first-order valence-electron chi connectivity index (χ1n) is 8.55. The summed E-state index contributed by atoms with van der Waals surface area (Å²) in [5.74, 6) is 0.829. The van der Waals surface area contributed by atoms with Gasteiger partial charge in [-0.15, -0.1) is 0 Å². The second kappa shape index (κ2) is 6.71. The Morgan fingerprint density at radius 3 is 2.84 bits per heavy atom. The van der Waals surface area contributed by atoms with E-state index in [0.717, 1.165) is 36.4 Å². The molecule has 1 aliphatic carbocycles. The van der Waals surface area contributed by atoms with Crippen LogP contribution in [0.15, 0.2) is 54.1 Å². The molecule has 0 saturated heterocycles. The molecule has 25 heavy (non-hydrogen) atoms. The molecular formula is C20H21ClN2O2. The third-order valence-corrected chi connectivity index (χ3v) is 4.91. The first-order valence-corrected chi connectivity index (χ1v) is 8.93. The van der Waals surface area contributed by atoms with Gasteiger partial charge in [-0.25, -0.2) is 0 Å². The Morgan fingerprint density at radius 1 is 1.20 bits per heavy atom. The molecule has 130 valence electrons. The van der Waals surface area contributed by atoms with Gasteiger partial charge in [0.05, 0.1) is 12.3 Å². The third-order valence-electron chi connectivity index (χ3n) is 4.67. The van der Waals surface area contributed by atoms with Crippen LogP contribution in [0.5, 0.6) is 5.75 Å². The van der Waals surface area contributed by atoms with Crippen LogP contribution in [0, 0.1) is 0 Å². The van der Waals surface area contributed by atoms with Gasteiger partial charge in [-0.2, -0.15) is 0 Å². The van der Waals surface area contributed by atoms with Gasteiger partial charge in [0.2, 0.25) is 0 Å². The average molecular weight is 357 g/mol. The maximum absolute atomic E-state index is 6.39. The van der Waals surface area contributed by atoms with E-state index in [1.54, 1.807) is 0 Å². The first kappa shape index (κ1) is 16.5. The summed E-state index contributed by atoms with van der Waals surface area (Å²) in [6, 6.07) is 16.0. The number of hydroxylamine groups is 1. The minimum absolute atomic E-state index is 0.376. The minimum atomic E-state index is -0.376. The monoisotopic (exact) mass is 356 g/mol. The summed E-state index contributed by atoms with van der Waals surface area (Å²) in [6.07, 6.45) is 1.79. The lowest BCUT2D eigenvalue weighted by atomic mass is 10.0. The molecule has 1 heterocycles. The van der Waals surface area contributed by atoms with Crippen molar-refractivity contribution in [3.63, 3.8) is 0 Å². The van der Waals surface area contributed by atoms with Gasteiger partial charge in [0.25, 0.3) is 0 Å². The van der Waals surface area contributed by atoms with Crippen molar-refractivity contribution in [3.8, 4) is 5.75 Å². The van der Waals surface area contributed by atoms with Crippen LogP contribution in [0.25, 0.3) is 5.70 Å². The molecule has 4 rings (SSSR count). The van der Waals surface area contributed by atoms with E-state index in [1.165, 1.54) is 11.1 Å². The minimum Gasteiger partial charge on any atom is -0.477 e. The topological polar surface area (TPSA) is 42.5 Å². The standard InChI is InChI=1S/C20H21ClN2O2/c1-22-10-5-11-24-23-19-16-12-15(21)8-9-18(16)25-20(13-17(19)20)14-6-3-2-4-7-14/h2-4,6-9,12,22-23H,5,10-11,13H2,1H3. The fourth-order valence-corrected chi connectivity index (χ4v) is 3.51. The molecule has 0 aromatic heterocycles. The molecule has 2 aliphatic rings. The lowest BCUT2D eigenvalue weighted by molar-refractivity contribution is 0.0748. The summed E-state index contributed by atoms with van der Waals surface area (Å²) in [5, 5.41) is 3.80. The van der Waals surface area contributed by atoms with Crippen molar-refractivity contribution in [3.05, 3.63) is 70.3 Å². The molecular weight excluding hydrogens is 336 g/mol. The highest BCUT2D eigenvalue weighted by molar-refractivity contribution is 6.30. The van der Waals surface area contributed by atoms with Gasteiger partial charge in [-0.3, -0.25) is 10.3 Å². The van der Waals surface area contributed by atoms with Crippen molar-refractivity contribution in [2.75, 3.05) is 20.2 Å². The zero-order valence-corrected chi connectivity index (χ0v) is 14.9. The number of fused-ring (bicyclic) bond motifs is 2. The van der Waals surface area contributed by atoms with Crippen LogP contribution in [0.3, 0.4) is 0 Å². The maximum Gasteiger partial charge on any atom is 0.162 e. The van der Waals surface area contributed by atoms with Gasteiger partial charge in [0.1, 0.15) is 5.75 Å². The molecule has 0 amide bonds. The van der Waals surface area contributed by atoms with Crippen molar-refractivity contribution in [1.82, 2.24) is 10.8 Å². The summed E-state index contributed by atoms with van der Waals surface area (Å²) in [5.41, 5.74) is 7.11. The third kappa shape index (κ3) is 3.01. The van der Waals surface area contributed by atoms with Crippen molar-refractivity contribution in [2.45, 2.75) is 18.4 Å². The molecule has 4 nitrogen and oxygen atoms in total. The van der Waals surface area contributed by atoms with E-state index in [-0.39, 0.29) is 5.60 Å². The number of hydrogen-bond donors (Lipinski definition) is 2. The zero-order valence-electron chi connectivity index (χ0n) is 14.1. The maximum atomic E-state index is 6.39. The van der Waals surface area contributed by atoms with E-state index >= 15 is 0 Å². The van der Waals surface area contributed by atoms with Gasteiger partial charge < -0.3 is 10.1 Å². The van der Waals surface area contributed by atoms with E-state index < -0.39 is 0 Å². The van der Waals surface area contributed by atoms with E-state index in [4.69, 9.17) is 21.2 Å². The second-order valence-corrected chi connectivity index (χ2v) is 6.81. The highest BCUT2D eigenvalue weighted by Crippen LogP contribution is 2.61. The van der Waals surface area contributed by atoms with Crippen molar-refractivity contribution >= 4 is 17.3 Å². The molecule has 1 saturated carbocycles. The Hall–Kier alpha value is -2.01. The average Bonchev–Trinajstić information content (AvgIpc) is 3.37. The van der Waals surface area contributed by atoms with Gasteiger partial charge in [0, 0.05) is 28.1 Å². The summed E-state index contributed by atoms with van der Waals surface area (Å²) < 4.78 is 6.39. The predicted octanol–water partition coefficient (Wildman–Crippen LogP) is 3.87. The number of ether oxygens (including phenoxy) is 1. The highest BCUT2D eigenvalue weighted by atomic mass is 35.5. The largest absolute Gasteiger partial charge is 0.477 e. The summed E-state index contributed by atoms with van der Waals surface area (Å²) in [4.78, 5) is 5.70. The first-order chi connectivity index (χ1) is 12.2. The molecule has 1 fully saturated rings. The molecule has 0 radical (unpaired) electrons. The summed E-state index contributed by atoms with van der Waals surface area (Å²) >= 11 is 6.20. The SMILES string of the molecule is CNCCCONC1=C2CC2(c2ccccc2)Oc2ccc(Cl)cc21. The fraction of sp³-hybridized carbons (Fsp3) is 0.300.